The van der Waals surface area contributed by atoms with Crippen LogP contribution in [0.25, 0.3) is 0 Å². The topological polar surface area (TPSA) is 78.6 Å². The summed E-state index contributed by atoms with van der Waals surface area (Å²) in [5, 5.41) is 24.1. The van der Waals surface area contributed by atoms with Crippen LogP contribution >= 0.6 is 0 Å². The van der Waals surface area contributed by atoms with E-state index in [1.807, 2.05) is 25.9 Å². The van der Waals surface area contributed by atoms with Gasteiger partial charge in [-0.25, -0.2) is 0 Å². The van der Waals surface area contributed by atoms with E-state index in [1.54, 1.807) is 19.1 Å². The molecule has 1 aromatic rings. The fraction of sp³-hybridized carbons (Fsp3) is 0.538. The van der Waals surface area contributed by atoms with Crippen molar-refractivity contribution >= 4 is 11.4 Å². The number of nitro groups is 1. The normalized spacial score (nSPS) is 14.2. The number of nitrogens with one attached hydrogen (secondary N) is 1. The first kappa shape index (κ1) is 15.4. The smallest absolute Gasteiger partial charge is 0.292 e. The maximum atomic E-state index is 10.9. The average Bonchev–Trinajstić information content (AvgIpc) is 2.24. The van der Waals surface area contributed by atoms with E-state index >= 15 is 0 Å². The number of benzene rings is 1. The van der Waals surface area contributed by atoms with Gasteiger partial charge in [-0.1, -0.05) is 6.07 Å². The lowest BCUT2D eigenvalue weighted by atomic mass is 10.1. The molecule has 19 heavy (non-hydrogen) atoms. The molecule has 0 aromatic heterocycles. The number of anilines is 1. The highest BCUT2D eigenvalue weighted by Crippen LogP contribution is 2.25. The predicted octanol–water partition coefficient (Wildman–Crippen LogP) is 1.63. The first-order valence-electron chi connectivity index (χ1n) is 6.07. The van der Waals surface area contributed by atoms with Crippen molar-refractivity contribution in [1.29, 1.82) is 0 Å². The molecule has 1 rings (SSSR count). The second-order valence-corrected chi connectivity index (χ2v) is 5.37. The largest absolute Gasteiger partial charge is 0.387 e. The summed E-state index contributed by atoms with van der Waals surface area (Å²) >= 11 is 0. The van der Waals surface area contributed by atoms with Crippen LogP contribution in [0.3, 0.4) is 0 Å². The minimum Gasteiger partial charge on any atom is -0.387 e. The zero-order valence-corrected chi connectivity index (χ0v) is 11.8. The SMILES string of the molecule is Cc1ccc([N+](=O)[O-])c(NCC(C)(O)CN(C)C)c1. The number of nitrogens with zero attached hydrogens (tertiary/aromatic N) is 2. The van der Waals surface area contributed by atoms with Crippen LogP contribution in [0.1, 0.15) is 12.5 Å². The molecular formula is C13H21N3O3. The van der Waals surface area contributed by atoms with Crippen molar-refractivity contribution in [2.45, 2.75) is 19.4 Å². The van der Waals surface area contributed by atoms with E-state index in [2.05, 4.69) is 5.32 Å². The molecule has 0 aliphatic heterocycles. The van der Waals surface area contributed by atoms with E-state index in [4.69, 9.17) is 0 Å². The molecule has 6 heteroatoms. The Morgan fingerprint density at radius 2 is 2.11 bits per heavy atom. The quantitative estimate of drug-likeness (QED) is 0.605. The Balaban J connectivity index is 2.82. The minimum absolute atomic E-state index is 0.0197. The highest BCUT2D eigenvalue weighted by molar-refractivity contribution is 5.62. The molecule has 0 saturated carbocycles. The van der Waals surface area contributed by atoms with Gasteiger partial charge in [0.25, 0.3) is 5.69 Å². The molecule has 0 heterocycles. The molecule has 2 N–H and O–H groups in total. The summed E-state index contributed by atoms with van der Waals surface area (Å²) in [6.07, 6.45) is 0. The van der Waals surface area contributed by atoms with Gasteiger partial charge in [-0.15, -0.1) is 0 Å². The van der Waals surface area contributed by atoms with Gasteiger partial charge in [-0.05, 0) is 39.6 Å². The van der Waals surface area contributed by atoms with Crippen molar-refractivity contribution in [2.24, 2.45) is 0 Å². The second kappa shape index (κ2) is 5.99. The van der Waals surface area contributed by atoms with Gasteiger partial charge in [0.1, 0.15) is 5.69 Å². The van der Waals surface area contributed by atoms with E-state index in [1.165, 1.54) is 6.07 Å². The molecule has 1 aromatic carbocycles. The molecule has 0 radical (unpaired) electrons. The van der Waals surface area contributed by atoms with Crippen molar-refractivity contribution in [3.8, 4) is 0 Å². The summed E-state index contributed by atoms with van der Waals surface area (Å²) in [4.78, 5) is 12.4. The summed E-state index contributed by atoms with van der Waals surface area (Å²) in [6.45, 7) is 4.28. The zero-order valence-electron chi connectivity index (χ0n) is 11.8. The van der Waals surface area contributed by atoms with Gasteiger partial charge in [0.15, 0.2) is 0 Å². The third kappa shape index (κ3) is 4.84. The maximum absolute atomic E-state index is 10.9. The lowest BCUT2D eigenvalue weighted by molar-refractivity contribution is -0.384. The number of likely N-dealkylation sites (N-methyl/N-ethyl adjacent to an activating group) is 1. The van der Waals surface area contributed by atoms with Crippen LogP contribution in [0.4, 0.5) is 11.4 Å². The van der Waals surface area contributed by atoms with E-state index in [-0.39, 0.29) is 12.2 Å². The van der Waals surface area contributed by atoms with Crippen molar-refractivity contribution in [3.63, 3.8) is 0 Å². The Bertz CT molecular complexity index is 458. The summed E-state index contributed by atoms with van der Waals surface area (Å²) in [7, 11) is 3.73. The Hall–Kier alpha value is -1.66. The second-order valence-electron chi connectivity index (χ2n) is 5.37. The van der Waals surface area contributed by atoms with Crippen LogP contribution in [0, 0.1) is 17.0 Å². The number of rotatable bonds is 6. The van der Waals surface area contributed by atoms with Crippen LogP contribution in [0.15, 0.2) is 18.2 Å². The summed E-state index contributed by atoms with van der Waals surface area (Å²) in [5.41, 5.74) is 0.428. The van der Waals surface area contributed by atoms with Crippen LogP contribution < -0.4 is 5.32 Å². The highest BCUT2D eigenvalue weighted by atomic mass is 16.6. The van der Waals surface area contributed by atoms with Gasteiger partial charge in [0, 0.05) is 19.2 Å². The van der Waals surface area contributed by atoms with Gasteiger partial charge in [-0.3, -0.25) is 10.1 Å². The standard InChI is InChI=1S/C13H21N3O3/c1-10-5-6-12(16(18)19)11(7-10)14-8-13(2,17)9-15(3)4/h5-7,14,17H,8-9H2,1-4H3. The van der Waals surface area contributed by atoms with Gasteiger partial charge in [-0.2, -0.15) is 0 Å². The number of nitro benzene ring substituents is 1. The molecule has 0 bridgehead atoms. The van der Waals surface area contributed by atoms with Gasteiger partial charge >= 0.3 is 0 Å². The van der Waals surface area contributed by atoms with Gasteiger partial charge < -0.3 is 15.3 Å². The molecule has 0 aliphatic rings. The number of hydrogen-bond acceptors (Lipinski definition) is 5. The molecule has 0 fully saturated rings. The Morgan fingerprint density at radius 1 is 1.47 bits per heavy atom. The fourth-order valence-corrected chi connectivity index (χ4v) is 1.97. The molecule has 0 saturated heterocycles. The summed E-state index contributed by atoms with van der Waals surface area (Å²) in [5.74, 6) is 0. The first-order chi connectivity index (χ1) is 8.71. The predicted molar refractivity (Wildman–Crippen MR) is 75.5 cm³/mol. The Kier molecular flexibility index (Phi) is 4.85. The molecule has 0 spiro atoms. The van der Waals surface area contributed by atoms with E-state index in [0.29, 0.717) is 12.2 Å². The molecule has 0 aliphatic carbocycles. The Morgan fingerprint density at radius 3 is 2.63 bits per heavy atom. The summed E-state index contributed by atoms with van der Waals surface area (Å²) < 4.78 is 0. The third-order valence-electron chi connectivity index (χ3n) is 2.67. The summed E-state index contributed by atoms with van der Waals surface area (Å²) in [6, 6.07) is 4.88. The van der Waals surface area contributed by atoms with Crippen molar-refractivity contribution in [1.82, 2.24) is 4.90 Å². The van der Waals surface area contributed by atoms with Gasteiger partial charge in [0.2, 0.25) is 0 Å². The van der Waals surface area contributed by atoms with E-state index < -0.39 is 10.5 Å². The lowest BCUT2D eigenvalue weighted by Gasteiger charge is -2.27. The van der Waals surface area contributed by atoms with Crippen LogP contribution in [0.2, 0.25) is 0 Å². The van der Waals surface area contributed by atoms with Crippen molar-refractivity contribution in [3.05, 3.63) is 33.9 Å². The van der Waals surface area contributed by atoms with Crippen LogP contribution in [0.5, 0.6) is 0 Å². The zero-order chi connectivity index (χ0) is 14.6. The fourth-order valence-electron chi connectivity index (χ4n) is 1.97. The Labute approximate surface area is 113 Å². The highest BCUT2D eigenvalue weighted by Gasteiger charge is 2.23. The average molecular weight is 267 g/mol. The maximum Gasteiger partial charge on any atom is 0.292 e. The number of hydrogen-bond donors (Lipinski definition) is 2. The first-order valence-corrected chi connectivity index (χ1v) is 6.07. The van der Waals surface area contributed by atoms with Crippen molar-refractivity contribution < 1.29 is 10.0 Å². The molecule has 1 atom stereocenters. The number of aliphatic hydroxyl groups is 1. The van der Waals surface area contributed by atoms with Crippen LogP contribution in [-0.2, 0) is 0 Å². The molecular weight excluding hydrogens is 246 g/mol. The number of aryl methyl sites for hydroxylation is 1. The minimum atomic E-state index is -0.957. The molecule has 1 unspecified atom stereocenters. The molecule has 0 amide bonds. The van der Waals surface area contributed by atoms with Crippen molar-refractivity contribution in [2.75, 3.05) is 32.5 Å². The van der Waals surface area contributed by atoms with E-state index in [0.717, 1.165) is 5.56 Å². The molecule has 6 nitrogen and oxygen atoms in total. The lowest BCUT2D eigenvalue weighted by Crippen LogP contribution is -2.43. The van der Waals surface area contributed by atoms with Crippen LogP contribution in [-0.4, -0.2) is 47.7 Å². The van der Waals surface area contributed by atoms with E-state index in [9.17, 15) is 15.2 Å². The molecule has 106 valence electrons. The third-order valence-corrected chi connectivity index (χ3v) is 2.67. The monoisotopic (exact) mass is 267 g/mol. The van der Waals surface area contributed by atoms with Gasteiger partial charge in [0.05, 0.1) is 10.5 Å².